The van der Waals surface area contributed by atoms with Crippen LogP contribution < -0.4 is 16.6 Å². The first-order valence-electron chi connectivity index (χ1n) is 6.46. The van der Waals surface area contributed by atoms with Crippen LogP contribution in [-0.4, -0.2) is 6.03 Å². The van der Waals surface area contributed by atoms with E-state index in [1.54, 1.807) is 30.5 Å². The topological polar surface area (TPSA) is 80.3 Å². The summed E-state index contributed by atoms with van der Waals surface area (Å²) in [7, 11) is 0. The third-order valence-corrected chi connectivity index (χ3v) is 2.99. The second-order valence-electron chi connectivity index (χ2n) is 4.29. The van der Waals surface area contributed by atoms with Crippen LogP contribution >= 0.6 is 0 Å². The Kier molecular flexibility index (Phi) is 4.73. The minimum Gasteiger partial charge on any atom is -0.465 e. The number of halogens is 1. The van der Waals surface area contributed by atoms with E-state index in [0.717, 1.165) is 0 Å². The average molecular weight is 289 g/mol. The Morgan fingerprint density at radius 3 is 2.81 bits per heavy atom. The van der Waals surface area contributed by atoms with Gasteiger partial charge in [-0.05, 0) is 48.4 Å². The fourth-order valence-corrected chi connectivity index (χ4v) is 2.01. The summed E-state index contributed by atoms with van der Waals surface area (Å²) in [6.07, 6.45) is 5.45. The molecular weight excluding hydrogens is 273 g/mol. The molecule has 0 fully saturated rings. The molecular formula is C15H16FN3O2. The molecule has 0 unspecified atom stereocenters. The van der Waals surface area contributed by atoms with Crippen LogP contribution in [0.5, 0.6) is 0 Å². The summed E-state index contributed by atoms with van der Waals surface area (Å²) in [5.74, 6) is 5.36. The smallest absolute Gasteiger partial charge is 0.333 e. The van der Waals surface area contributed by atoms with Crippen LogP contribution in [0.15, 0.2) is 34.9 Å². The molecule has 0 spiro atoms. The fourth-order valence-electron chi connectivity index (χ4n) is 2.01. The lowest BCUT2D eigenvalue weighted by Gasteiger charge is -2.12. The predicted molar refractivity (Wildman–Crippen MR) is 79.8 cm³/mol. The van der Waals surface area contributed by atoms with Gasteiger partial charge < -0.3 is 9.73 Å². The second-order valence-corrected chi connectivity index (χ2v) is 4.29. The van der Waals surface area contributed by atoms with E-state index in [2.05, 4.69) is 5.32 Å². The van der Waals surface area contributed by atoms with Gasteiger partial charge in [-0.3, -0.25) is 5.43 Å². The van der Waals surface area contributed by atoms with Crippen molar-refractivity contribution < 1.29 is 13.6 Å². The first-order valence-corrected chi connectivity index (χ1v) is 6.46. The molecule has 4 N–H and O–H groups in total. The van der Waals surface area contributed by atoms with E-state index in [0.29, 0.717) is 29.0 Å². The predicted octanol–water partition coefficient (Wildman–Crippen LogP) is 3.15. The number of rotatable bonds is 4. The molecule has 0 saturated heterocycles. The first-order chi connectivity index (χ1) is 10.2. The van der Waals surface area contributed by atoms with E-state index in [1.807, 2.05) is 12.3 Å². The van der Waals surface area contributed by atoms with Gasteiger partial charge in [-0.1, -0.05) is 6.92 Å². The van der Waals surface area contributed by atoms with Crippen LogP contribution in [0, 0.1) is 5.82 Å². The fraction of sp³-hybridized carbons (Fsp3) is 0.133. The normalized spacial score (nSPS) is 10.8. The molecule has 6 heteroatoms. The number of hydrazine groups is 1. The van der Waals surface area contributed by atoms with Crippen molar-refractivity contribution >= 4 is 23.9 Å². The molecule has 1 aromatic carbocycles. The van der Waals surface area contributed by atoms with Crippen molar-refractivity contribution in [3.63, 3.8) is 0 Å². The number of carbonyl (C=O) groups excluding carboxylic acids is 1. The number of nitrogens with two attached hydrogens (primary N) is 1. The molecule has 0 radical (unpaired) electrons. The lowest BCUT2D eigenvalue weighted by molar-refractivity contribution is 0.252. The van der Waals surface area contributed by atoms with Crippen molar-refractivity contribution in [3.05, 3.63) is 53.2 Å². The van der Waals surface area contributed by atoms with E-state index < -0.39 is 6.03 Å². The van der Waals surface area contributed by atoms with E-state index in [-0.39, 0.29) is 5.82 Å². The van der Waals surface area contributed by atoms with E-state index >= 15 is 0 Å². The van der Waals surface area contributed by atoms with Gasteiger partial charge in [-0.25, -0.2) is 15.0 Å². The first kappa shape index (κ1) is 14.8. The van der Waals surface area contributed by atoms with Crippen molar-refractivity contribution in [2.24, 2.45) is 5.84 Å². The molecule has 0 atom stereocenters. The summed E-state index contributed by atoms with van der Waals surface area (Å²) < 4.78 is 19.1. The van der Waals surface area contributed by atoms with Gasteiger partial charge in [0.2, 0.25) is 0 Å². The molecule has 2 aromatic rings. The molecule has 5 nitrogen and oxygen atoms in total. The van der Waals surface area contributed by atoms with E-state index in [1.165, 1.54) is 12.1 Å². The summed E-state index contributed by atoms with van der Waals surface area (Å²) in [6.45, 7) is 1.84. The summed E-state index contributed by atoms with van der Waals surface area (Å²) in [5, 5.41) is 2.57. The molecule has 2 amide bonds. The third-order valence-electron chi connectivity index (χ3n) is 2.99. The molecule has 0 saturated carbocycles. The molecule has 0 aliphatic carbocycles. The van der Waals surface area contributed by atoms with Crippen LogP contribution in [-0.2, 0) is 6.42 Å². The molecule has 0 bridgehead atoms. The van der Waals surface area contributed by atoms with Crippen LogP contribution in [0.25, 0.3) is 12.2 Å². The number of nitrogens with one attached hydrogen (secondary N) is 2. The Morgan fingerprint density at radius 2 is 2.19 bits per heavy atom. The zero-order valence-electron chi connectivity index (χ0n) is 11.5. The van der Waals surface area contributed by atoms with Crippen molar-refractivity contribution in [1.82, 2.24) is 5.43 Å². The van der Waals surface area contributed by atoms with Gasteiger partial charge in [0, 0.05) is 5.56 Å². The maximum Gasteiger partial charge on any atom is 0.333 e. The maximum absolute atomic E-state index is 13.9. The number of hydrogen-bond acceptors (Lipinski definition) is 3. The standard InChI is InChI=1S/C15H16FN3O2/c1-2-11-12(6-5-10-4-3-9-21-10)14(8-7-13(11)16)18-15(20)19-17/h3-9H,2,17H2,1H3,(H2,18,19,20)/b6-5+. The number of benzene rings is 1. The largest absolute Gasteiger partial charge is 0.465 e. The molecule has 0 aliphatic rings. The van der Waals surface area contributed by atoms with Gasteiger partial charge in [0.05, 0.1) is 12.0 Å². The van der Waals surface area contributed by atoms with Gasteiger partial charge in [-0.2, -0.15) is 0 Å². The molecule has 1 aromatic heterocycles. The Bertz CT molecular complexity index is 651. The Balaban J connectivity index is 2.43. The minimum atomic E-state index is -0.573. The van der Waals surface area contributed by atoms with Crippen molar-refractivity contribution in [3.8, 4) is 0 Å². The van der Waals surface area contributed by atoms with Gasteiger partial charge in [-0.15, -0.1) is 0 Å². The molecule has 1 heterocycles. The third kappa shape index (κ3) is 3.49. The van der Waals surface area contributed by atoms with Crippen LogP contribution in [0.1, 0.15) is 23.8 Å². The summed E-state index contributed by atoms with van der Waals surface area (Å²) >= 11 is 0. The number of furan rings is 1. The monoisotopic (exact) mass is 289 g/mol. The second kappa shape index (κ2) is 6.71. The number of carbonyl (C=O) groups is 1. The summed E-state index contributed by atoms with van der Waals surface area (Å²) in [6, 6.07) is 5.77. The maximum atomic E-state index is 13.9. The van der Waals surface area contributed by atoms with Gasteiger partial charge >= 0.3 is 6.03 Å². The zero-order chi connectivity index (χ0) is 15.2. The lowest BCUT2D eigenvalue weighted by Crippen LogP contribution is -2.34. The summed E-state index contributed by atoms with van der Waals surface area (Å²) in [5.41, 5.74) is 3.54. The van der Waals surface area contributed by atoms with E-state index in [4.69, 9.17) is 10.3 Å². The zero-order valence-corrected chi connectivity index (χ0v) is 11.5. The SMILES string of the molecule is CCc1c(F)ccc(NC(=O)NN)c1/C=C/c1ccco1. The highest BCUT2D eigenvalue weighted by molar-refractivity contribution is 5.92. The quantitative estimate of drug-likeness (QED) is 0.459. The highest BCUT2D eigenvalue weighted by Gasteiger charge is 2.12. The average Bonchev–Trinajstić information content (AvgIpc) is 3.00. The van der Waals surface area contributed by atoms with Crippen LogP contribution in [0.4, 0.5) is 14.9 Å². The summed E-state index contributed by atoms with van der Waals surface area (Å²) in [4.78, 5) is 11.4. The van der Waals surface area contributed by atoms with Crippen LogP contribution in [0.2, 0.25) is 0 Å². The van der Waals surface area contributed by atoms with Crippen molar-refractivity contribution in [2.75, 3.05) is 5.32 Å². The van der Waals surface area contributed by atoms with Gasteiger partial charge in [0.15, 0.2) is 0 Å². The van der Waals surface area contributed by atoms with Crippen molar-refractivity contribution in [2.45, 2.75) is 13.3 Å². The minimum absolute atomic E-state index is 0.324. The van der Waals surface area contributed by atoms with Crippen molar-refractivity contribution in [1.29, 1.82) is 0 Å². The lowest BCUT2D eigenvalue weighted by atomic mass is 10.0. The highest BCUT2D eigenvalue weighted by Crippen LogP contribution is 2.26. The number of anilines is 1. The highest BCUT2D eigenvalue weighted by atomic mass is 19.1. The molecule has 2 rings (SSSR count). The molecule has 110 valence electrons. The molecule has 21 heavy (non-hydrogen) atoms. The Hall–Kier alpha value is -2.60. The van der Waals surface area contributed by atoms with Gasteiger partial charge in [0.25, 0.3) is 0 Å². The van der Waals surface area contributed by atoms with Gasteiger partial charge in [0.1, 0.15) is 11.6 Å². The Labute approximate surface area is 121 Å². The molecule has 0 aliphatic heterocycles. The number of hydrogen-bond donors (Lipinski definition) is 3. The number of amides is 2. The van der Waals surface area contributed by atoms with Crippen LogP contribution in [0.3, 0.4) is 0 Å². The number of urea groups is 1. The van der Waals surface area contributed by atoms with E-state index in [9.17, 15) is 9.18 Å². The Morgan fingerprint density at radius 1 is 1.38 bits per heavy atom.